The fourth-order valence-corrected chi connectivity index (χ4v) is 2.76. The Morgan fingerprint density at radius 3 is 2.65 bits per heavy atom. The molecule has 3 rings (SSSR count). The van der Waals surface area contributed by atoms with Gasteiger partial charge in [0, 0.05) is 11.6 Å². The molecule has 2 aromatic rings. The number of rotatable bonds is 5. The van der Waals surface area contributed by atoms with Crippen LogP contribution in [-0.4, -0.2) is 15.7 Å². The van der Waals surface area contributed by atoms with Crippen LogP contribution in [0.3, 0.4) is 0 Å². The quantitative estimate of drug-likeness (QED) is 0.789. The molecule has 4 nitrogen and oxygen atoms in total. The van der Waals surface area contributed by atoms with E-state index >= 15 is 0 Å². The summed E-state index contributed by atoms with van der Waals surface area (Å²) in [6.45, 7) is 3.35. The van der Waals surface area contributed by atoms with Crippen LogP contribution in [0.5, 0.6) is 0 Å². The standard InChI is InChI=1S/C18H19F4N3O/c1-10-3-6-13(19)14(7-10)23-17(26)11(2)9-25-15(12-4-5-12)8-16(24-25)18(20,21)22/h3,6-8,11-12H,4-5,9H2,1-2H3,(H,23,26). The highest BCUT2D eigenvalue weighted by Crippen LogP contribution is 2.42. The van der Waals surface area contributed by atoms with Crippen molar-refractivity contribution < 1.29 is 22.4 Å². The average Bonchev–Trinajstić information content (AvgIpc) is 3.30. The zero-order valence-corrected chi connectivity index (χ0v) is 14.4. The van der Waals surface area contributed by atoms with Gasteiger partial charge < -0.3 is 5.32 Å². The van der Waals surface area contributed by atoms with Crippen LogP contribution in [0.4, 0.5) is 23.2 Å². The highest BCUT2D eigenvalue weighted by atomic mass is 19.4. The first-order chi connectivity index (χ1) is 12.1. The van der Waals surface area contributed by atoms with Crippen LogP contribution < -0.4 is 5.32 Å². The van der Waals surface area contributed by atoms with E-state index in [0.29, 0.717) is 5.69 Å². The molecule has 140 valence electrons. The predicted molar refractivity (Wildman–Crippen MR) is 88.1 cm³/mol. The molecule has 1 aromatic heterocycles. The number of aryl methyl sites for hydroxylation is 1. The van der Waals surface area contributed by atoms with Crippen molar-refractivity contribution in [3.63, 3.8) is 0 Å². The Hall–Kier alpha value is -2.38. The SMILES string of the molecule is Cc1ccc(F)c(NC(=O)C(C)Cn2nc(C(F)(F)F)cc2C2CC2)c1. The van der Waals surface area contributed by atoms with Gasteiger partial charge in [-0.05, 0) is 43.5 Å². The van der Waals surface area contributed by atoms with E-state index in [-0.39, 0.29) is 18.2 Å². The van der Waals surface area contributed by atoms with Crippen LogP contribution in [0.25, 0.3) is 0 Å². The van der Waals surface area contributed by atoms with E-state index in [1.165, 1.54) is 16.8 Å². The van der Waals surface area contributed by atoms with Crippen LogP contribution in [0.2, 0.25) is 0 Å². The highest BCUT2D eigenvalue weighted by molar-refractivity contribution is 5.92. The Morgan fingerprint density at radius 1 is 1.35 bits per heavy atom. The van der Waals surface area contributed by atoms with Crippen LogP contribution >= 0.6 is 0 Å². The fraction of sp³-hybridized carbons (Fsp3) is 0.444. The van der Waals surface area contributed by atoms with Crippen LogP contribution in [0.1, 0.15) is 42.6 Å². The van der Waals surface area contributed by atoms with E-state index in [9.17, 15) is 22.4 Å². The second-order valence-electron chi connectivity index (χ2n) is 6.78. The minimum Gasteiger partial charge on any atom is -0.323 e. The molecule has 1 aliphatic rings. The lowest BCUT2D eigenvalue weighted by molar-refractivity contribution is -0.141. The van der Waals surface area contributed by atoms with Crippen LogP contribution in [0, 0.1) is 18.7 Å². The highest BCUT2D eigenvalue weighted by Gasteiger charge is 2.38. The van der Waals surface area contributed by atoms with Gasteiger partial charge in [-0.3, -0.25) is 9.48 Å². The zero-order chi connectivity index (χ0) is 19.1. The van der Waals surface area contributed by atoms with Crippen LogP contribution in [0.15, 0.2) is 24.3 Å². The summed E-state index contributed by atoms with van der Waals surface area (Å²) in [5.74, 6) is -1.65. The summed E-state index contributed by atoms with van der Waals surface area (Å²) in [5, 5.41) is 6.14. The molecule has 1 heterocycles. The van der Waals surface area contributed by atoms with E-state index in [0.717, 1.165) is 24.5 Å². The third-order valence-corrected chi connectivity index (χ3v) is 4.37. The largest absolute Gasteiger partial charge is 0.435 e. The van der Waals surface area contributed by atoms with E-state index < -0.39 is 29.5 Å². The van der Waals surface area contributed by atoms with E-state index in [2.05, 4.69) is 10.4 Å². The summed E-state index contributed by atoms with van der Waals surface area (Å²) in [6.07, 6.45) is -2.89. The molecule has 1 N–H and O–H groups in total. The second kappa shape index (κ2) is 6.74. The normalized spacial score (nSPS) is 15.8. The summed E-state index contributed by atoms with van der Waals surface area (Å²) >= 11 is 0. The van der Waals surface area contributed by atoms with Crippen molar-refractivity contribution in [2.24, 2.45) is 5.92 Å². The number of hydrogen-bond donors (Lipinski definition) is 1. The Morgan fingerprint density at radius 2 is 2.04 bits per heavy atom. The molecular weight excluding hydrogens is 350 g/mol. The molecule has 1 aromatic carbocycles. The minimum absolute atomic E-state index is 0.00117. The van der Waals surface area contributed by atoms with E-state index in [1.54, 1.807) is 19.9 Å². The van der Waals surface area contributed by atoms with Crippen molar-refractivity contribution in [3.05, 3.63) is 47.0 Å². The lowest BCUT2D eigenvalue weighted by Crippen LogP contribution is -2.26. The molecule has 26 heavy (non-hydrogen) atoms. The number of halogens is 4. The number of amides is 1. The topological polar surface area (TPSA) is 46.9 Å². The molecule has 0 saturated heterocycles. The van der Waals surface area contributed by atoms with Gasteiger partial charge in [0.1, 0.15) is 5.82 Å². The third kappa shape index (κ3) is 4.05. The summed E-state index contributed by atoms with van der Waals surface area (Å²) in [7, 11) is 0. The molecule has 0 radical (unpaired) electrons. The van der Waals surface area contributed by atoms with Gasteiger partial charge in [0.25, 0.3) is 0 Å². The van der Waals surface area contributed by atoms with Gasteiger partial charge in [0.15, 0.2) is 5.69 Å². The lowest BCUT2D eigenvalue weighted by atomic mass is 10.1. The van der Waals surface area contributed by atoms with Crippen molar-refractivity contribution in [2.75, 3.05) is 5.32 Å². The molecule has 1 fully saturated rings. The van der Waals surface area contributed by atoms with Gasteiger partial charge in [-0.25, -0.2) is 4.39 Å². The Kier molecular flexibility index (Phi) is 4.77. The number of benzene rings is 1. The maximum Gasteiger partial charge on any atom is 0.435 e. The Balaban J connectivity index is 1.75. The molecule has 0 spiro atoms. The molecule has 0 aliphatic heterocycles. The maximum absolute atomic E-state index is 13.8. The van der Waals surface area contributed by atoms with Gasteiger partial charge in [0.2, 0.25) is 5.91 Å². The number of aromatic nitrogens is 2. The Bertz CT molecular complexity index is 824. The molecule has 1 atom stereocenters. The second-order valence-corrected chi connectivity index (χ2v) is 6.78. The number of hydrogen-bond acceptors (Lipinski definition) is 2. The number of carbonyl (C=O) groups excluding carboxylic acids is 1. The van der Waals surface area contributed by atoms with Gasteiger partial charge in [-0.15, -0.1) is 0 Å². The van der Waals surface area contributed by atoms with Crippen molar-refractivity contribution in [1.82, 2.24) is 9.78 Å². The third-order valence-electron chi connectivity index (χ3n) is 4.37. The van der Waals surface area contributed by atoms with Gasteiger partial charge in [-0.2, -0.15) is 18.3 Å². The smallest absolute Gasteiger partial charge is 0.323 e. The molecule has 1 amide bonds. The average molecular weight is 369 g/mol. The van der Waals surface area contributed by atoms with Crippen molar-refractivity contribution >= 4 is 11.6 Å². The maximum atomic E-state index is 13.8. The molecule has 1 saturated carbocycles. The number of anilines is 1. The number of nitrogens with zero attached hydrogens (tertiary/aromatic N) is 2. The van der Waals surface area contributed by atoms with Gasteiger partial charge in [0.05, 0.1) is 18.2 Å². The molecule has 0 bridgehead atoms. The predicted octanol–water partition coefficient (Wildman–Crippen LogP) is 4.50. The minimum atomic E-state index is -4.52. The first-order valence-corrected chi connectivity index (χ1v) is 8.37. The number of carbonyl (C=O) groups is 1. The monoisotopic (exact) mass is 369 g/mol. The van der Waals surface area contributed by atoms with Gasteiger partial charge in [-0.1, -0.05) is 13.0 Å². The van der Waals surface area contributed by atoms with Crippen molar-refractivity contribution in [3.8, 4) is 0 Å². The van der Waals surface area contributed by atoms with Crippen LogP contribution in [-0.2, 0) is 17.5 Å². The van der Waals surface area contributed by atoms with E-state index in [1.807, 2.05) is 0 Å². The summed E-state index contributed by atoms with van der Waals surface area (Å²) in [4.78, 5) is 12.3. The fourth-order valence-electron chi connectivity index (χ4n) is 2.76. The number of nitrogens with one attached hydrogen (secondary N) is 1. The molecule has 1 unspecified atom stereocenters. The lowest BCUT2D eigenvalue weighted by Gasteiger charge is -2.15. The summed E-state index contributed by atoms with van der Waals surface area (Å²) < 4.78 is 53.8. The summed E-state index contributed by atoms with van der Waals surface area (Å²) in [6, 6.07) is 5.40. The number of alkyl halides is 3. The first kappa shape index (κ1) is 18.4. The first-order valence-electron chi connectivity index (χ1n) is 8.37. The zero-order valence-electron chi connectivity index (χ0n) is 14.4. The summed E-state index contributed by atoms with van der Waals surface area (Å²) in [5.41, 5.74) is 0.392. The molecule has 1 aliphatic carbocycles. The molecule has 8 heteroatoms. The van der Waals surface area contributed by atoms with Gasteiger partial charge >= 0.3 is 6.18 Å². The van der Waals surface area contributed by atoms with E-state index in [4.69, 9.17) is 0 Å². The molecular formula is C18H19F4N3O. The van der Waals surface area contributed by atoms with Crippen molar-refractivity contribution in [2.45, 2.75) is 45.3 Å². The van der Waals surface area contributed by atoms with Crippen molar-refractivity contribution in [1.29, 1.82) is 0 Å². The Labute approximate surface area is 148 Å².